The molecular formula is C13H21NO4. The standard InChI is InChI=1S/C13H21NO4/c1-7(15)10-8-5-6-9(17-8)11(10)14-12(16)18-13(2,3)4/h8-11H,5-6H2,1-4H3,(H,14,16)/t8-,9+,10+,11-/m1/s1. The number of alkyl carbamates (subject to hydrolysis) is 1. The van der Waals surface area contributed by atoms with E-state index in [0.29, 0.717) is 0 Å². The molecule has 1 amide bonds. The van der Waals surface area contributed by atoms with Crippen molar-refractivity contribution in [3.05, 3.63) is 0 Å². The highest BCUT2D eigenvalue weighted by Gasteiger charge is 2.51. The zero-order chi connectivity index (χ0) is 13.5. The number of rotatable bonds is 2. The lowest BCUT2D eigenvalue weighted by Gasteiger charge is -2.28. The van der Waals surface area contributed by atoms with Crippen LogP contribution in [-0.2, 0) is 14.3 Å². The second-order valence-corrected chi connectivity index (χ2v) is 6.10. The Labute approximate surface area is 107 Å². The van der Waals surface area contributed by atoms with Gasteiger partial charge in [-0.05, 0) is 40.5 Å². The van der Waals surface area contributed by atoms with E-state index in [9.17, 15) is 9.59 Å². The molecule has 5 heteroatoms. The molecule has 2 aliphatic rings. The predicted molar refractivity (Wildman–Crippen MR) is 65.2 cm³/mol. The van der Waals surface area contributed by atoms with Crippen molar-refractivity contribution < 1.29 is 19.1 Å². The summed E-state index contributed by atoms with van der Waals surface area (Å²) in [6.07, 6.45) is 1.25. The highest BCUT2D eigenvalue weighted by atomic mass is 16.6. The van der Waals surface area contributed by atoms with Gasteiger partial charge < -0.3 is 14.8 Å². The number of ether oxygens (including phenoxy) is 2. The molecule has 2 rings (SSSR count). The molecule has 0 aromatic rings. The number of carbonyl (C=O) groups excluding carboxylic acids is 2. The summed E-state index contributed by atoms with van der Waals surface area (Å²) in [5, 5.41) is 2.79. The number of ketones is 1. The van der Waals surface area contributed by atoms with Crippen molar-refractivity contribution in [1.82, 2.24) is 5.32 Å². The van der Waals surface area contributed by atoms with E-state index in [2.05, 4.69) is 5.32 Å². The van der Waals surface area contributed by atoms with Crippen molar-refractivity contribution >= 4 is 11.9 Å². The number of hydrogen-bond donors (Lipinski definition) is 1. The maximum Gasteiger partial charge on any atom is 0.407 e. The number of Topliss-reactive ketones (excluding diaryl/α,β-unsaturated/α-hetero) is 1. The predicted octanol–water partition coefficient (Wildman–Crippen LogP) is 1.65. The number of fused-ring (bicyclic) bond motifs is 2. The van der Waals surface area contributed by atoms with Crippen LogP contribution in [0.25, 0.3) is 0 Å². The number of nitrogens with one attached hydrogen (secondary N) is 1. The van der Waals surface area contributed by atoms with Gasteiger partial charge in [-0.3, -0.25) is 4.79 Å². The van der Waals surface area contributed by atoms with Crippen LogP contribution in [0.3, 0.4) is 0 Å². The second kappa shape index (κ2) is 4.53. The first-order valence-electron chi connectivity index (χ1n) is 6.43. The van der Waals surface area contributed by atoms with Gasteiger partial charge in [0.1, 0.15) is 11.4 Å². The molecule has 5 nitrogen and oxygen atoms in total. The summed E-state index contributed by atoms with van der Waals surface area (Å²) in [6, 6.07) is -0.240. The molecule has 18 heavy (non-hydrogen) atoms. The minimum absolute atomic E-state index is 0.0348. The van der Waals surface area contributed by atoms with Crippen molar-refractivity contribution in [2.24, 2.45) is 5.92 Å². The van der Waals surface area contributed by atoms with E-state index in [1.807, 2.05) is 20.8 Å². The van der Waals surface area contributed by atoms with Gasteiger partial charge in [0.25, 0.3) is 0 Å². The first-order chi connectivity index (χ1) is 8.28. The zero-order valence-electron chi connectivity index (χ0n) is 11.4. The smallest absolute Gasteiger partial charge is 0.407 e. The Morgan fingerprint density at radius 2 is 1.83 bits per heavy atom. The van der Waals surface area contributed by atoms with Crippen molar-refractivity contribution in [1.29, 1.82) is 0 Å². The summed E-state index contributed by atoms with van der Waals surface area (Å²) in [7, 11) is 0. The van der Waals surface area contributed by atoms with Crippen molar-refractivity contribution in [2.75, 3.05) is 0 Å². The SMILES string of the molecule is CC(=O)[C@@H]1[C@H](NC(=O)OC(C)(C)C)[C@@H]2CC[C@H]1O2. The molecule has 0 saturated carbocycles. The molecule has 0 unspecified atom stereocenters. The van der Waals surface area contributed by atoms with Gasteiger partial charge >= 0.3 is 6.09 Å². The number of carbonyl (C=O) groups is 2. The Morgan fingerprint density at radius 1 is 1.22 bits per heavy atom. The fourth-order valence-electron chi connectivity index (χ4n) is 2.82. The summed E-state index contributed by atoms with van der Waals surface area (Å²) < 4.78 is 10.9. The number of hydrogen-bond acceptors (Lipinski definition) is 4. The van der Waals surface area contributed by atoms with Crippen LogP contribution in [0, 0.1) is 5.92 Å². The lowest BCUT2D eigenvalue weighted by Crippen LogP contribution is -2.50. The maximum atomic E-state index is 11.8. The molecular weight excluding hydrogens is 234 g/mol. The Hall–Kier alpha value is -1.10. The van der Waals surface area contributed by atoms with Crippen molar-refractivity contribution in [3.63, 3.8) is 0 Å². The summed E-state index contributed by atoms with van der Waals surface area (Å²) in [5.41, 5.74) is -0.533. The Balaban J connectivity index is 2.00. The Kier molecular flexibility index (Phi) is 3.36. The zero-order valence-corrected chi connectivity index (χ0v) is 11.4. The second-order valence-electron chi connectivity index (χ2n) is 6.10. The minimum atomic E-state index is -0.533. The molecule has 0 radical (unpaired) electrons. The molecule has 0 spiro atoms. The summed E-state index contributed by atoms with van der Waals surface area (Å²) in [4.78, 5) is 23.4. The van der Waals surface area contributed by atoms with Crippen LogP contribution in [0.1, 0.15) is 40.5 Å². The average molecular weight is 255 g/mol. The van der Waals surface area contributed by atoms with Crippen LogP contribution in [0.4, 0.5) is 4.79 Å². The van der Waals surface area contributed by atoms with Gasteiger partial charge in [0, 0.05) is 0 Å². The monoisotopic (exact) mass is 255 g/mol. The minimum Gasteiger partial charge on any atom is -0.444 e. The largest absolute Gasteiger partial charge is 0.444 e. The molecule has 2 heterocycles. The summed E-state index contributed by atoms with van der Waals surface area (Å²) >= 11 is 0. The van der Waals surface area contributed by atoms with Crippen molar-refractivity contribution in [3.8, 4) is 0 Å². The molecule has 2 saturated heterocycles. The molecule has 0 aromatic heterocycles. The first kappa shape index (κ1) is 13.3. The fourth-order valence-corrected chi connectivity index (χ4v) is 2.82. The molecule has 0 aliphatic carbocycles. The lowest BCUT2D eigenvalue weighted by molar-refractivity contribution is -0.122. The van der Waals surface area contributed by atoms with Gasteiger partial charge in [-0.25, -0.2) is 4.79 Å². The van der Waals surface area contributed by atoms with Crippen LogP contribution < -0.4 is 5.32 Å². The fraction of sp³-hybridized carbons (Fsp3) is 0.846. The Morgan fingerprint density at radius 3 is 2.39 bits per heavy atom. The van der Waals surface area contributed by atoms with E-state index in [1.165, 1.54) is 0 Å². The number of amides is 1. The third kappa shape index (κ3) is 2.66. The van der Waals surface area contributed by atoms with Crippen molar-refractivity contribution in [2.45, 2.75) is 64.4 Å². The molecule has 2 bridgehead atoms. The van der Waals surface area contributed by atoms with Crippen LogP contribution in [-0.4, -0.2) is 35.7 Å². The maximum absolute atomic E-state index is 11.8. The van der Waals surface area contributed by atoms with Crippen LogP contribution in [0.2, 0.25) is 0 Å². The average Bonchev–Trinajstić information content (AvgIpc) is 2.73. The first-order valence-corrected chi connectivity index (χ1v) is 6.43. The molecule has 102 valence electrons. The van der Waals surface area contributed by atoms with Gasteiger partial charge in [0.2, 0.25) is 0 Å². The summed E-state index contributed by atoms with van der Waals surface area (Å²) in [5.74, 6) is -0.153. The van der Waals surface area contributed by atoms with E-state index in [0.717, 1.165) is 12.8 Å². The molecule has 1 N–H and O–H groups in total. The van der Waals surface area contributed by atoms with Gasteiger partial charge in [0.05, 0.1) is 24.2 Å². The van der Waals surface area contributed by atoms with Crippen LogP contribution in [0.5, 0.6) is 0 Å². The van der Waals surface area contributed by atoms with E-state index >= 15 is 0 Å². The van der Waals surface area contributed by atoms with E-state index in [-0.39, 0.29) is 30.0 Å². The lowest BCUT2D eigenvalue weighted by atomic mass is 9.82. The summed E-state index contributed by atoms with van der Waals surface area (Å²) in [6.45, 7) is 6.99. The van der Waals surface area contributed by atoms with Crippen LogP contribution >= 0.6 is 0 Å². The quantitative estimate of drug-likeness (QED) is 0.814. The third-order valence-corrected chi connectivity index (χ3v) is 3.43. The van der Waals surface area contributed by atoms with Gasteiger partial charge in [-0.2, -0.15) is 0 Å². The highest BCUT2D eigenvalue weighted by Crippen LogP contribution is 2.39. The Bertz CT molecular complexity index is 360. The normalized spacial score (nSPS) is 34.4. The van der Waals surface area contributed by atoms with Gasteiger partial charge in [-0.15, -0.1) is 0 Å². The van der Waals surface area contributed by atoms with E-state index < -0.39 is 11.7 Å². The van der Waals surface area contributed by atoms with E-state index in [4.69, 9.17) is 9.47 Å². The van der Waals surface area contributed by atoms with E-state index in [1.54, 1.807) is 6.92 Å². The van der Waals surface area contributed by atoms with Crippen LogP contribution in [0.15, 0.2) is 0 Å². The van der Waals surface area contributed by atoms with Gasteiger partial charge in [-0.1, -0.05) is 0 Å². The van der Waals surface area contributed by atoms with Gasteiger partial charge in [0.15, 0.2) is 0 Å². The molecule has 2 aliphatic heterocycles. The molecule has 2 fully saturated rings. The molecule has 4 atom stereocenters. The highest BCUT2D eigenvalue weighted by molar-refractivity contribution is 5.81. The molecule has 0 aromatic carbocycles. The third-order valence-electron chi connectivity index (χ3n) is 3.43. The topological polar surface area (TPSA) is 64.6 Å².